The van der Waals surface area contributed by atoms with Gasteiger partial charge >= 0.3 is 0 Å². The van der Waals surface area contributed by atoms with Crippen LogP contribution in [0, 0.1) is 0 Å². The summed E-state index contributed by atoms with van der Waals surface area (Å²) in [5.41, 5.74) is 0. The van der Waals surface area contributed by atoms with Crippen LogP contribution in [0.2, 0.25) is 0 Å². The molecule has 0 aliphatic heterocycles. The molecule has 0 atom stereocenters. The SMILES string of the molecule is O=C1C(Br)=C(I)C(=O)C(I)=C1I. The molecule has 1 aliphatic rings. The predicted molar refractivity (Wildman–Crippen MR) is 75.1 cm³/mol. The number of Topliss-reactive ketones (excluding diaryl/α,β-unsaturated/α-hetero) is 2. The molecule has 0 fully saturated rings. The third kappa shape index (κ3) is 1.95. The first-order valence-electron chi connectivity index (χ1n) is 2.66. The highest BCUT2D eigenvalue weighted by Gasteiger charge is 2.29. The van der Waals surface area contributed by atoms with E-state index in [0.717, 1.165) is 0 Å². The minimum absolute atomic E-state index is 0.0768. The van der Waals surface area contributed by atoms with Crippen LogP contribution in [-0.2, 0) is 9.59 Å². The molecule has 0 heterocycles. The molecule has 0 aromatic rings. The van der Waals surface area contributed by atoms with E-state index in [-0.39, 0.29) is 11.6 Å². The van der Waals surface area contributed by atoms with Gasteiger partial charge in [0.1, 0.15) is 0 Å². The zero-order valence-corrected chi connectivity index (χ0v) is 13.4. The van der Waals surface area contributed by atoms with Gasteiger partial charge < -0.3 is 0 Å². The van der Waals surface area contributed by atoms with Crippen molar-refractivity contribution in [1.82, 2.24) is 0 Å². The zero-order valence-electron chi connectivity index (χ0n) is 5.33. The number of hydrogen-bond donors (Lipinski definition) is 0. The highest BCUT2D eigenvalue weighted by molar-refractivity contribution is 14.1. The Hall–Kier alpha value is 1.49. The maximum Gasteiger partial charge on any atom is 0.208 e. The van der Waals surface area contributed by atoms with Gasteiger partial charge in [-0.1, -0.05) is 0 Å². The first-order valence-corrected chi connectivity index (χ1v) is 6.69. The summed E-state index contributed by atoms with van der Waals surface area (Å²) in [6, 6.07) is 0. The molecule has 0 unspecified atom stereocenters. The summed E-state index contributed by atoms with van der Waals surface area (Å²) in [5, 5.41) is 0. The van der Waals surface area contributed by atoms with Gasteiger partial charge in [-0.15, -0.1) is 0 Å². The highest BCUT2D eigenvalue weighted by atomic mass is 127. The van der Waals surface area contributed by atoms with Crippen LogP contribution in [0.5, 0.6) is 0 Å². The van der Waals surface area contributed by atoms with Gasteiger partial charge in [0.25, 0.3) is 0 Å². The Labute approximate surface area is 118 Å². The number of hydrogen-bond acceptors (Lipinski definition) is 2. The third-order valence-electron chi connectivity index (χ3n) is 1.18. The Balaban J connectivity index is 3.32. The molecule has 0 amide bonds. The van der Waals surface area contributed by atoms with Gasteiger partial charge in [0.15, 0.2) is 0 Å². The molecule has 6 heteroatoms. The van der Waals surface area contributed by atoms with Gasteiger partial charge in [-0.25, -0.2) is 0 Å². The summed E-state index contributed by atoms with van der Waals surface area (Å²) in [6.45, 7) is 0. The third-order valence-corrected chi connectivity index (χ3v) is 6.80. The van der Waals surface area contributed by atoms with Crippen molar-refractivity contribution in [2.45, 2.75) is 0 Å². The van der Waals surface area contributed by atoms with Crippen LogP contribution in [0.4, 0.5) is 0 Å². The largest absolute Gasteiger partial charge is 0.287 e. The quantitative estimate of drug-likeness (QED) is 0.335. The standard InChI is InChI=1S/C6BrI3O2/c7-1-2(8)6(12)4(10)3(9)5(1)11. The van der Waals surface area contributed by atoms with E-state index in [1.165, 1.54) is 0 Å². The molecular weight excluding hydrogens is 565 g/mol. The lowest BCUT2D eigenvalue weighted by molar-refractivity contribution is -0.114. The number of halogens is 4. The van der Waals surface area contributed by atoms with Crippen LogP contribution < -0.4 is 0 Å². The van der Waals surface area contributed by atoms with Crippen molar-refractivity contribution in [3.63, 3.8) is 0 Å². The molecule has 64 valence electrons. The van der Waals surface area contributed by atoms with E-state index in [1.807, 2.05) is 67.8 Å². The molecule has 0 N–H and O–H groups in total. The number of rotatable bonds is 0. The molecule has 2 nitrogen and oxygen atoms in total. The van der Waals surface area contributed by atoms with E-state index in [4.69, 9.17) is 0 Å². The number of carbonyl (C=O) groups excluding carboxylic acids is 2. The summed E-state index contributed by atoms with van der Waals surface area (Å²) in [5.74, 6) is -0.184. The average Bonchev–Trinajstić information content (AvgIpc) is 2.08. The Morgan fingerprint density at radius 2 is 1.25 bits per heavy atom. The van der Waals surface area contributed by atoms with E-state index < -0.39 is 0 Å². The minimum atomic E-state index is -0.107. The van der Waals surface area contributed by atoms with Gasteiger partial charge in [0.05, 0.1) is 15.2 Å². The van der Waals surface area contributed by atoms with E-state index in [1.54, 1.807) is 0 Å². The van der Waals surface area contributed by atoms with Crippen LogP contribution in [0.1, 0.15) is 0 Å². The second kappa shape index (κ2) is 4.34. The molecule has 0 radical (unpaired) electrons. The van der Waals surface area contributed by atoms with Gasteiger partial charge in [-0.2, -0.15) is 0 Å². The van der Waals surface area contributed by atoms with Gasteiger partial charge in [0, 0.05) is 0 Å². The van der Waals surface area contributed by atoms with E-state index in [0.29, 0.717) is 15.2 Å². The Morgan fingerprint density at radius 1 is 0.833 bits per heavy atom. The summed E-state index contributed by atoms with van der Waals surface area (Å²) < 4.78 is 1.83. The lowest BCUT2D eigenvalue weighted by atomic mass is 10.2. The molecule has 0 saturated heterocycles. The molecule has 12 heavy (non-hydrogen) atoms. The van der Waals surface area contributed by atoms with Gasteiger partial charge in [0.2, 0.25) is 11.6 Å². The Morgan fingerprint density at radius 3 is 1.75 bits per heavy atom. The summed E-state index contributed by atoms with van der Waals surface area (Å²) in [7, 11) is 0. The fraction of sp³-hybridized carbons (Fsp3) is 0. The van der Waals surface area contributed by atoms with E-state index in [2.05, 4.69) is 15.9 Å². The van der Waals surface area contributed by atoms with Crippen molar-refractivity contribution in [1.29, 1.82) is 0 Å². The fourth-order valence-corrected chi connectivity index (χ4v) is 3.40. The first-order chi connectivity index (χ1) is 5.46. The summed E-state index contributed by atoms with van der Waals surface area (Å²) >= 11 is 8.73. The first kappa shape index (κ1) is 11.6. The van der Waals surface area contributed by atoms with Gasteiger partial charge in [-0.3, -0.25) is 9.59 Å². The lowest BCUT2D eigenvalue weighted by Crippen LogP contribution is -2.13. The molecular formula is C6BrI3O2. The van der Waals surface area contributed by atoms with Crippen LogP contribution >= 0.6 is 83.7 Å². The highest BCUT2D eigenvalue weighted by Crippen LogP contribution is 2.37. The molecule has 1 rings (SSSR count). The van der Waals surface area contributed by atoms with Crippen molar-refractivity contribution in [2.75, 3.05) is 0 Å². The summed E-state index contributed by atoms with van der Waals surface area (Å²) in [4.78, 5) is 22.7. The van der Waals surface area contributed by atoms with E-state index >= 15 is 0 Å². The maximum absolute atomic E-state index is 11.4. The number of allylic oxidation sites excluding steroid dienone is 4. The lowest BCUT2D eigenvalue weighted by Gasteiger charge is -2.10. The van der Waals surface area contributed by atoms with Crippen LogP contribution in [0.15, 0.2) is 15.2 Å². The average molecular weight is 565 g/mol. The second-order valence-electron chi connectivity index (χ2n) is 1.91. The monoisotopic (exact) mass is 564 g/mol. The second-order valence-corrected chi connectivity index (χ2v) is 5.94. The van der Waals surface area contributed by atoms with Gasteiger partial charge in [-0.05, 0) is 83.7 Å². The fourth-order valence-electron chi connectivity index (χ4n) is 0.591. The normalized spacial score (nSPS) is 19.3. The van der Waals surface area contributed by atoms with Crippen LogP contribution in [0.25, 0.3) is 0 Å². The molecule has 0 aromatic carbocycles. The maximum atomic E-state index is 11.4. The number of carbonyl (C=O) groups is 2. The molecule has 1 aliphatic carbocycles. The van der Waals surface area contributed by atoms with Crippen LogP contribution in [-0.4, -0.2) is 11.6 Å². The van der Waals surface area contributed by atoms with Crippen molar-refractivity contribution in [2.24, 2.45) is 0 Å². The molecule has 0 saturated carbocycles. The Bertz CT molecular complexity index is 281. The molecule has 0 aromatic heterocycles. The predicted octanol–water partition coefficient (Wildman–Crippen LogP) is 3.26. The minimum Gasteiger partial charge on any atom is -0.287 e. The van der Waals surface area contributed by atoms with Crippen LogP contribution in [0.3, 0.4) is 0 Å². The smallest absolute Gasteiger partial charge is 0.208 e. The van der Waals surface area contributed by atoms with Crippen molar-refractivity contribution < 1.29 is 9.59 Å². The van der Waals surface area contributed by atoms with Crippen molar-refractivity contribution in [3.8, 4) is 0 Å². The zero-order chi connectivity index (χ0) is 9.46. The van der Waals surface area contributed by atoms with E-state index in [9.17, 15) is 9.59 Å². The topological polar surface area (TPSA) is 34.1 Å². The number of ketones is 2. The van der Waals surface area contributed by atoms with Crippen molar-refractivity contribution >= 4 is 95.3 Å². The molecule has 0 bridgehead atoms. The summed E-state index contributed by atoms with van der Waals surface area (Å²) in [6.07, 6.45) is 0. The molecule has 0 spiro atoms. The van der Waals surface area contributed by atoms with Crippen molar-refractivity contribution in [3.05, 3.63) is 15.2 Å². The Kier molecular flexibility index (Phi) is 4.18.